The van der Waals surface area contributed by atoms with Gasteiger partial charge in [0.15, 0.2) is 11.5 Å². The number of halogens is 2. The smallest absolute Gasteiger partial charge is 0.348 e. The Morgan fingerprint density at radius 3 is 2.43 bits per heavy atom. The maximum absolute atomic E-state index is 14.0. The third kappa shape index (κ3) is 9.59. The molecule has 13 heteroatoms. The number of benzene rings is 2. The van der Waals surface area contributed by atoms with Crippen molar-refractivity contribution < 1.29 is 33.7 Å². The molecule has 0 amide bonds. The van der Waals surface area contributed by atoms with Crippen LogP contribution in [0.2, 0.25) is 10.0 Å². The molecule has 2 heterocycles. The van der Waals surface area contributed by atoms with E-state index in [0.717, 1.165) is 36.1 Å². The summed E-state index contributed by atoms with van der Waals surface area (Å²) in [6.07, 6.45) is 6.68. The number of carbonyl (C=O) groups is 2. The number of nitrogens with one attached hydrogen (secondary N) is 2. The van der Waals surface area contributed by atoms with E-state index in [1.165, 1.54) is 30.8 Å². The number of carbonyl (C=O) groups excluding carboxylic acids is 2. The second-order valence-corrected chi connectivity index (χ2v) is 14.6. The highest BCUT2D eigenvalue weighted by Crippen LogP contribution is 2.37. The van der Waals surface area contributed by atoms with Gasteiger partial charge in [-0.15, -0.1) is 11.3 Å². The zero-order chi connectivity index (χ0) is 36.4. The minimum absolute atomic E-state index is 0.168. The van der Waals surface area contributed by atoms with Gasteiger partial charge in [0.25, 0.3) is 0 Å². The van der Waals surface area contributed by atoms with Crippen molar-refractivity contribution in [3.05, 3.63) is 110 Å². The van der Waals surface area contributed by atoms with Gasteiger partial charge < -0.3 is 24.2 Å². The van der Waals surface area contributed by atoms with Gasteiger partial charge in [-0.25, -0.2) is 15.1 Å². The van der Waals surface area contributed by atoms with Crippen LogP contribution in [-0.2, 0) is 32.8 Å². The fourth-order valence-corrected chi connectivity index (χ4v) is 7.71. The van der Waals surface area contributed by atoms with Crippen molar-refractivity contribution in [2.24, 2.45) is 5.92 Å². The minimum Gasteiger partial charge on any atom is -0.493 e. The van der Waals surface area contributed by atoms with Crippen molar-refractivity contribution in [1.82, 2.24) is 15.8 Å². The Balaban J connectivity index is 1.33. The van der Waals surface area contributed by atoms with Crippen molar-refractivity contribution in [3.8, 4) is 11.5 Å². The summed E-state index contributed by atoms with van der Waals surface area (Å²) in [5.41, 5.74) is 3.08. The van der Waals surface area contributed by atoms with Gasteiger partial charge in [-0.2, -0.15) is 0 Å². The van der Waals surface area contributed by atoms with Gasteiger partial charge in [-0.05, 0) is 79.5 Å². The third-order valence-electron chi connectivity index (χ3n) is 9.33. The fourth-order valence-electron chi connectivity index (χ4n) is 6.36. The zero-order valence-electron chi connectivity index (χ0n) is 28.8. The van der Waals surface area contributed by atoms with E-state index in [1.54, 1.807) is 31.4 Å². The van der Waals surface area contributed by atoms with Gasteiger partial charge >= 0.3 is 11.9 Å². The highest BCUT2D eigenvalue weighted by atomic mass is 35.5. The van der Waals surface area contributed by atoms with Gasteiger partial charge in [0, 0.05) is 36.8 Å². The van der Waals surface area contributed by atoms with Crippen molar-refractivity contribution in [3.63, 3.8) is 0 Å². The number of ether oxygens (including phenoxy) is 4. The molecular weight excluding hydrogens is 713 g/mol. The molecule has 0 spiro atoms. The molecule has 5 rings (SSSR count). The van der Waals surface area contributed by atoms with E-state index in [-0.39, 0.29) is 24.4 Å². The van der Waals surface area contributed by atoms with Gasteiger partial charge in [0.05, 0.1) is 24.3 Å². The summed E-state index contributed by atoms with van der Waals surface area (Å²) < 4.78 is 23.2. The van der Waals surface area contributed by atoms with E-state index in [1.807, 2.05) is 43.3 Å². The third-order valence-corrected chi connectivity index (χ3v) is 11.1. The Bertz CT molecular complexity index is 1760. The lowest BCUT2D eigenvalue weighted by atomic mass is 9.84. The van der Waals surface area contributed by atoms with Crippen LogP contribution in [0.15, 0.2) is 73.1 Å². The number of pyridine rings is 1. The van der Waals surface area contributed by atoms with Crippen LogP contribution in [-0.4, -0.2) is 49.0 Å². The number of nitrogens with zero attached hydrogens (tertiary/aromatic N) is 1. The van der Waals surface area contributed by atoms with E-state index < -0.39 is 17.6 Å². The molecule has 51 heavy (non-hydrogen) atoms. The average molecular weight is 757 g/mol. The SMILES string of the molecule is COc1ccc([C@H](Cc2c(Cl)cncc2Cl)OC(=O)c2ccc(CNC(C)(C(=O)O[C@H]3CCCCC3CCNO)c3ccccc3)s2)cc1OC. The second-order valence-electron chi connectivity index (χ2n) is 12.6. The summed E-state index contributed by atoms with van der Waals surface area (Å²) in [6.45, 7) is 2.56. The molecule has 0 radical (unpaired) electrons. The number of aromatic nitrogens is 1. The lowest BCUT2D eigenvalue weighted by molar-refractivity contribution is -0.162. The Hall–Kier alpha value is -3.71. The Morgan fingerprint density at radius 2 is 1.73 bits per heavy atom. The summed E-state index contributed by atoms with van der Waals surface area (Å²) >= 11 is 14.2. The van der Waals surface area contributed by atoms with E-state index in [0.29, 0.717) is 57.1 Å². The average Bonchev–Trinajstić information content (AvgIpc) is 3.64. The second kappa shape index (κ2) is 18.2. The molecule has 0 saturated heterocycles. The molecule has 10 nitrogen and oxygen atoms in total. The summed E-state index contributed by atoms with van der Waals surface area (Å²) in [5.74, 6) is 0.282. The van der Waals surface area contributed by atoms with Crippen LogP contribution >= 0.6 is 34.5 Å². The first-order valence-electron chi connectivity index (χ1n) is 16.8. The molecule has 4 atom stereocenters. The zero-order valence-corrected chi connectivity index (χ0v) is 31.2. The van der Waals surface area contributed by atoms with Crippen LogP contribution in [0.4, 0.5) is 0 Å². The molecule has 2 aromatic heterocycles. The molecule has 3 N–H and O–H groups in total. The maximum atomic E-state index is 14.0. The first kappa shape index (κ1) is 38.5. The van der Waals surface area contributed by atoms with E-state index in [4.69, 9.17) is 47.4 Å². The summed E-state index contributed by atoms with van der Waals surface area (Å²) in [5, 5.41) is 13.3. The lowest BCUT2D eigenvalue weighted by Gasteiger charge is -2.35. The van der Waals surface area contributed by atoms with Crippen LogP contribution in [0.25, 0.3) is 0 Å². The topological polar surface area (TPSA) is 128 Å². The van der Waals surface area contributed by atoms with Gasteiger partial charge in [0.1, 0.15) is 22.6 Å². The van der Waals surface area contributed by atoms with Gasteiger partial charge in [-0.3, -0.25) is 10.3 Å². The Kier molecular flexibility index (Phi) is 13.7. The van der Waals surface area contributed by atoms with Crippen LogP contribution in [0.3, 0.4) is 0 Å². The van der Waals surface area contributed by atoms with Gasteiger partial charge in [-0.1, -0.05) is 66.0 Å². The van der Waals surface area contributed by atoms with Gasteiger partial charge in [0.2, 0.25) is 0 Å². The molecule has 1 aliphatic carbocycles. The summed E-state index contributed by atoms with van der Waals surface area (Å²) in [7, 11) is 3.08. The molecule has 0 aliphatic heterocycles. The maximum Gasteiger partial charge on any atom is 0.348 e. The number of hydrogen-bond donors (Lipinski definition) is 3. The summed E-state index contributed by atoms with van der Waals surface area (Å²) in [4.78, 5) is 32.9. The fraction of sp³-hybridized carbons (Fsp3) is 0.395. The Labute approximate surface area is 312 Å². The standard InChI is InChI=1S/C38H43Cl2N3O7S/c1-38(26-10-5-4-6-11-26,37(45)50-31-12-8-7-9-24(31)17-18-43-46)42-21-27-14-16-35(51-27)36(44)49-33(20-28-29(39)22-41-23-30(28)40)25-13-15-32(47-2)34(19-25)48-3/h4-6,10-11,13-16,19,22-24,31,33,42-43,46H,7-9,12,17-18,20-21H2,1-3H3/t24?,31-,33-,38?/m0/s1. The van der Waals surface area contributed by atoms with Crippen LogP contribution in [0, 0.1) is 5.92 Å². The van der Waals surface area contributed by atoms with E-state index >= 15 is 0 Å². The minimum atomic E-state index is -1.16. The normalized spacial score (nSPS) is 17.6. The highest BCUT2D eigenvalue weighted by molar-refractivity contribution is 7.13. The number of hydroxylamine groups is 1. The van der Waals surface area contributed by atoms with Crippen molar-refractivity contribution in [1.29, 1.82) is 0 Å². The molecule has 2 unspecified atom stereocenters. The first-order chi connectivity index (χ1) is 24.7. The molecule has 0 bridgehead atoms. The molecule has 272 valence electrons. The monoisotopic (exact) mass is 755 g/mol. The highest BCUT2D eigenvalue weighted by Gasteiger charge is 2.40. The van der Waals surface area contributed by atoms with Crippen LogP contribution in [0.5, 0.6) is 11.5 Å². The molecule has 1 aliphatic rings. The lowest BCUT2D eigenvalue weighted by Crippen LogP contribution is -2.49. The predicted molar refractivity (Wildman–Crippen MR) is 197 cm³/mol. The largest absolute Gasteiger partial charge is 0.493 e. The van der Waals surface area contributed by atoms with Crippen molar-refractivity contribution in [2.45, 2.75) is 69.7 Å². The first-order valence-corrected chi connectivity index (χ1v) is 18.4. The molecule has 4 aromatic rings. The molecule has 1 saturated carbocycles. The number of hydrogen-bond acceptors (Lipinski definition) is 11. The van der Waals surface area contributed by atoms with Crippen molar-refractivity contribution >= 4 is 46.5 Å². The number of esters is 2. The van der Waals surface area contributed by atoms with E-state index in [2.05, 4.69) is 15.8 Å². The summed E-state index contributed by atoms with van der Waals surface area (Å²) in [6, 6.07) is 18.3. The number of thiophene rings is 1. The number of rotatable bonds is 16. The van der Waals surface area contributed by atoms with Crippen molar-refractivity contribution in [2.75, 3.05) is 20.8 Å². The van der Waals surface area contributed by atoms with Crippen LogP contribution < -0.4 is 20.3 Å². The molecular formula is C38H43Cl2N3O7S. The quantitative estimate of drug-likeness (QED) is 0.0763. The number of methoxy groups -OCH3 is 2. The Morgan fingerprint density at radius 1 is 1.00 bits per heavy atom. The molecule has 1 fully saturated rings. The van der Waals surface area contributed by atoms with Crippen LogP contribution in [0.1, 0.15) is 76.4 Å². The van der Waals surface area contributed by atoms with E-state index in [9.17, 15) is 9.59 Å². The predicted octanol–water partition coefficient (Wildman–Crippen LogP) is 8.08. The molecule has 2 aromatic carbocycles.